The summed E-state index contributed by atoms with van der Waals surface area (Å²) in [5.41, 5.74) is 2.82. The molecule has 11 heteroatoms. The van der Waals surface area contributed by atoms with E-state index in [9.17, 15) is 13.2 Å². The predicted octanol–water partition coefficient (Wildman–Crippen LogP) is 2.95. The smallest absolute Gasteiger partial charge is 0.266 e. The molecule has 0 unspecified atom stereocenters. The van der Waals surface area contributed by atoms with Gasteiger partial charge in [0, 0.05) is 25.2 Å². The molecule has 2 heterocycles. The standard InChI is InChI=1S/C23H22N4O6S/c1-31-18-11-16-10-17(28)5-4-15(16)12-21(18)34(29,30)26-23-22-19(32-2)8-14(9-20(22)33-25-23)13-27-7-3-6-24-27/h3,6-9,11-12H,4-5,10,13H2,1-2H3,(H,25,26). The highest BCUT2D eigenvalue weighted by Crippen LogP contribution is 2.37. The van der Waals surface area contributed by atoms with Gasteiger partial charge in [-0.3, -0.25) is 14.2 Å². The van der Waals surface area contributed by atoms with Crippen molar-refractivity contribution in [3.05, 3.63) is 59.4 Å². The van der Waals surface area contributed by atoms with Gasteiger partial charge in [0.05, 0.1) is 20.8 Å². The summed E-state index contributed by atoms with van der Waals surface area (Å²) in [6, 6.07) is 8.55. The first-order valence-corrected chi connectivity index (χ1v) is 12.0. The number of aromatic nitrogens is 3. The second kappa shape index (κ2) is 8.49. The molecule has 0 bridgehead atoms. The van der Waals surface area contributed by atoms with Crippen LogP contribution in [-0.4, -0.2) is 43.4 Å². The van der Waals surface area contributed by atoms with E-state index in [2.05, 4.69) is 15.0 Å². The molecule has 1 N–H and O–H groups in total. The molecule has 176 valence electrons. The van der Waals surface area contributed by atoms with Gasteiger partial charge < -0.3 is 14.0 Å². The first kappa shape index (κ1) is 22.0. The number of carbonyl (C=O) groups is 1. The Morgan fingerprint density at radius 2 is 1.91 bits per heavy atom. The molecule has 2 aromatic heterocycles. The number of sulfonamides is 1. The van der Waals surface area contributed by atoms with Crippen molar-refractivity contribution in [2.24, 2.45) is 0 Å². The number of benzene rings is 2. The Morgan fingerprint density at radius 1 is 1.09 bits per heavy atom. The van der Waals surface area contributed by atoms with E-state index in [1.807, 2.05) is 12.3 Å². The van der Waals surface area contributed by atoms with E-state index < -0.39 is 10.0 Å². The summed E-state index contributed by atoms with van der Waals surface area (Å²) >= 11 is 0. The van der Waals surface area contributed by atoms with Crippen molar-refractivity contribution in [3.8, 4) is 11.5 Å². The Kier molecular flexibility index (Phi) is 5.48. The lowest BCUT2D eigenvalue weighted by molar-refractivity contribution is -0.118. The molecular weight excluding hydrogens is 460 g/mol. The maximum atomic E-state index is 13.4. The summed E-state index contributed by atoms with van der Waals surface area (Å²) in [6.07, 6.45) is 4.66. The monoisotopic (exact) mass is 482 g/mol. The number of fused-ring (bicyclic) bond motifs is 2. The van der Waals surface area contributed by atoms with Crippen LogP contribution in [0.15, 0.2) is 52.1 Å². The number of ketones is 1. The molecule has 5 rings (SSSR count). The molecule has 0 atom stereocenters. The predicted molar refractivity (Wildman–Crippen MR) is 123 cm³/mol. The van der Waals surface area contributed by atoms with Gasteiger partial charge in [0.1, 0.15) is 27.6 Å². The minimum atomic E-state index is -4.09. The molecule has 0 fully saturated rings. The lowest BCUT2D eigenvalue weighted by Crippen LogP contribution is -2.18. The van der Waals surface area contributed by atoms with Crippen LogP contribution in [0, 0.1) is 0 Å². The number of rotatable bonds is 7. The van der Waals surface area contributed by atoms with Crippen molar-refractivity contribution in [2.75, 3.05) is 18.9 Å². The molecule has 0 radical (unpaired) electrons. The van der Waals surface area contributed by atoms with E-state index in [1.165, 1.54) is 14.2 Å². The topological polar surface area (TPSA) is 126 Å². The average molecular weight is 483 g/mol. The van der Waals surface area contributed by atoms with Gasteiger partial charge in [-0.25, -0.2) is 8.42 Å². The Morgan fingerprint density at radius 3 is 2.65 bits per heavy atom. The van der Waals surface area contributed by atoms with Crippen LogP contribution >= 0.6 is 0 Å². The fourth-order valence-electron chi connectivity index (χ4n) is 4.16. The summed E-state index contributed by atoms with van der Waals surface area (Å²) in [7, 11) is -1.21. The molecule has 1 aliphatic carbocycles. The van der Waals surface area contributed by atoms with Crippen molar-refractivity contribution < 1.29 is 27.2 Å². The van der Waals surface area contributed by atoms with Gasteiger partial charge in [-0.05, 0) is 53.4 Å². The molecular formula is C23H22N4O6S. The fraction of sp³-hybridized carbons (Fsp3) is 0.261. The zero-order chi connectivity index (χ0) is 23.9. The first-order valence-electron chi connectivity index (χ1n) is 10.6. The van der Waals surface area contributed by atoms with E-state index in [0.29, 0.717) is 36.1 Å². The first-order chi connectivity index (χ1) is 16.4. The third kappa shape index (κ3) is 3.98. The van der Waals surface area contributed by atoms with Crippen LogP contribution in [0.25, 0.3) is 11.0 Å². The number of nitrogens with zero attached hydrogens (tertiary/aromatic N) is 3. The number of aryl methyl sites for hydroxylation is 1. The van der Waals surface area contributed by atoms with Crippen LogP contribution in [-0.2, 0) is 34.2 Å². The molecule has 4 aromatic rings. The van der Waals surface area contributed by atoms with Gasteiger partial charge in [-0.2, -0.15) is 5.10 Å². The molecule has 0 saturated heterocycles. The maximum Gasteiger partial charge on any atom is 0.266 e. The third-order valence-corrected chi connectivity index (χ3v) is 7.15. The average Bonchev–Trinajstić information content (AvgIpc) is 3.47. The molecule has 2 aromatic carbocycles. The Labute approximate surface area is 195 Å². The maximum absolute atomic E-state index is 13.4. The van der Waals surface area contributed by atoms with E-state index >= 15 is 0 Å². The van der Waals surface area contributed by atoms with Gasteiger partial charge >= 0.3 is 0 Å². The highest BCUT2D eigenvalue weighted by atomic mass is 32.2. The van der Waals surface area contributed by atoms with Crippen molar-refractivity contribution in [2.45, 2.75) is 30.7 Å². The van der Waals surface area contributed by atoms with E-state index in [4.69, 9.17) is 14.0 Å². The molecule has 1 aliphatic rings. The van der Waals surface area contributed by atoms with Gasteiger partial charge in [-0.1, -0.05) is 5.16 Å². The summed E-state index contributed by atoms with van der Waals surface area (Å²) < 4.78 is 47.3. The number of ether oxygens (including phenoxy) is 2. The van der Waals surface area contributed by atoms with Gasteiger partial charge in [0.2, 0.25) is 0 Å². The van der Waals surface area contributed by atoms with Crippen LogP contribution in [0.5, 0.6) is 11.5 Å². The number of Topliss-reactive ketones (excluding diaryl/α,β-unsaturated/α-hetero) is 1. The van der Waals surface area contributed by atoms with E-state index in [-0.39, 0.29) is 28.7 Å². The van der Waals surface area contributed by atoms with Crippen LogP contribution in [0.4, 0.5) is 5.82 Å². The van der Waals surface area contributed by atoms with Crippen molar-refractivity contribution >= 4 is 32.6 Å². The molecule has 0 spiro atoms. The molecule has 0 amide bonds. The lowest BCUT2D eigenvalue weighted by atomic mass is 9.91. The van der Waals surface area contributed by atoms with Crippen LogP contribution in [0.3, 0.4) is 0 Å². The van der Waals surface area contributed by atoms with E-state index in [0.717, 1.165) is 16.7 Å². The highest BCUT2D eigenvalue weighted by Gasteiger charge is 2.27. The molecule has 0 aliphatic heterocycles. The van der Waals surface area contributed by atoms with Gasteiger partial charge in [-0.15, -0.1) is 0 Å². The SMILES string of the molecule is COc1cc2c(cc1S(=O)(=O)Nc1noc3cc(Cn4cccn4)cc(OC)c13)CCC(=O)C2. The number of hydrogen-bond donors (Lipinski definition) is 1. The number of methoxy groups -OCH3 is 2. The fourth-order valence-corrected chi connectivity index (χ4v) is 5.37. The zero-order valence-electron chi connectivity index (χ0n) is 18.6. The quantitative estimate of drug-likeness (QED) is 0.426. The van der Waals surface area contributed by atoms with Gasteiger partial charge in [0.15, 0.2) is 11.4 Å². The summed E-state index contributed by atoms with van der Waals surface area (Å²) in [5, 5.41) is 8.55. The number of carbonyl (C=O) groups excluding carboxylic acids is 1. The summed E-state index contributed by atoms with van der Waals surface area (Å²) in [5.74, 6) is 0.695. The number of hydrogen-bond acceptors (Lipinski definition) is 8. The van der Waals surface area contributed by atoms with Crippen LogP contribution < -0.4 is 14.2 Å². The van der Waals surface area contributed by atoms with Crippen molar-refractivity contribution in [1.82, 2.24) is 14.9 Å². The zero-order valence-corrected chi connectivity index (χ0v) is 19.4. The molecule has 10 nitrogen and oxygen atoms in total. The van der Waals surface area contributed by atoms with Gasteiger partial charge in [0.25, 0.3) is 10.0 Å². The Hall–Kier alpha value is -3.86. The largest absolute Gasteiger partial charge is 0.496 e. The highest BCUT2D eigenvalue weighted by molar-refractivity contribution is 7.92. The minimum Gasteiger partial charge on any atom is -0.496 e. The summed E-state index contributed by atoms with van der Waals surface area (Å²) in [4.78, 5) is 11.8. The second-order valence-corrected chi connectivity index (χ2v) is 9.65. The minimum absolute atomic E-state index is 0.00689. The third-order valence-electron chi connectivity index (χ3n) is 5.79. The number of anilines is 1. The molecule has 0 saturated carbocycles. The Balaban J connectivity index is 1.52. The second-order valence-electron chi connectivity index (χ2n) is 8.00. The normalized spacial score (nSPS) is 13.6. The number of nitrogens with one attached hydrogen (secondary N) is 1. The van der Waals surface area contributed by atoms with Crippen LogP contribution in [0.1, 0.15) is 23.1 Å². The molecule has 34 heavy (non-hydrogen) atoms. The van der Waals surface area contributed by atoms with Crippen molar-refractivity contribution in [1.29, 1.82) is 0 Å². The summed E-state index contributed by atoms with van der Waals surface area (Å²) in [6.45, 7) is 0.482. The van der Waals surface area contributed by atoms with Crippen LogP contribution in [0.2, 0.25) is 0 Å². The van der Waals surface area contributed by atoms with E-state index in [1.54, 1.807) is 35.1 Å². The Bertz CT molecular complexity index is 1490. The lowest BCUT2D eigenvalue weighted by Gasteiger charge is -2.19. The van der Waals surface area contributed by atoms with Crippen molar-refractivity contribution in [3.63, 3.8) is 0 Å².